The maximum absolute atomic E-state index is 5.91. The molecule has 1 saturated carbocycles. The number of hydrogen-bond acceptors (Lipinski definition) is 3. The molecule has 0 aliphatic heterocycles. The molecule has 0 aromatic carbocycles. The normalized spacial score (nSPS) is 26.2. The van der Waals surface area contributed by atoms with E-state index in [4.69, 9.17) is 10.2 Å². The smallest absolute Gasteiger partial charge is 0.131 e. The fourth-order valence-corrected chi connectivity index (χ4v) is 2.66. The Morgan fingerprint density at radius 3 is 2.69 bits per heavy atom. The molecule has 2 N–H and O–H groups in total. The third-order valence-corrected chi connectivity index (χ3v) is 4.16. The summed E-state index contributed by atoms with van der Waals surface area (Å²) in [6.45, 7) is 0.869. The largest absolute Gasteiger partial charge is 0.467 e. The molecule has 1 aliphatic rings. The van der Waals surface area contributed by atoms with Crippen molar-refractivity contribution in [2.75, 3.05) is 7.05 Å². The van der Waals surface area contributed by atoms with Gasteiger partial charge in [-0.25, -0.2) is 0 Å². The van der Waals surface area contributed by atoms with E-state index in [0.717, 1.165) is 29.6 Å². The quantitative estimate of drug-likeness (QED) is 0.929. The van der Waals surface area contributed by atoms with Gasteiger partial charge in [-0.15, -0.1) is 0 Å². The number of hydrogen-bond donors (Lipinski definition) is 1. The lowest BCUT2D eigenvalue weighted by atomic mass is 9.91. The molecule has 16 heavy (non-hydrogen) atoms. The first kappa shape index (κ1) is 12.1. The second-order valence-electron chi connectivity index (χ2n) is 4.68. The van der Waals surface area contributed by atoms with Crippen LogP contribution in [0.1, 0.15) is 31.4 Å². The zero-order valence-corrected chi connectivity index (χ0v) is 11.2. The van der Waals surface area contributed by atoms with Crippen molar-refractivity contribution in [2.45, 2.75) is 44.3 Å². The number of rotatable bonds is 3. The average molecular weight is 287 g/mol. The van der Waals surface area contributed by atoms with E-state index in [0.29, 0.717) is 12.1 Å². The Bertz CT molecular complexity index is 332. The van der Waals surface area contributed by atoms with Crippen LogP contribution in [0.3, 0.4) is 0 Å². The summed E-state index contributed by atoms with van der Waals surface area (Å²) >= 11 is 3.49. The monoisotopic (exact) mass is 286 g/mol. The highest BCUT2D eigenvalue weighted by atomic mass is 79.9. The van der Waals surface area contributed by atoms with Crippen molar-refractivity contribution in [3.05, 3.63) is 22.6 Å². The van der Waals surface area contributed by atoms with Crippen molar-refractivity contribution in [3.63, 3.8) is 0 Å². The Kier molecular flexibility index (Phi) is 4.05. The van der Waals surface area contributed by atoms with Crippen molar-refractivity contribution < 1.29 is 4.42 Å². The van der Waals surface area contributed by atoms with Gasteiger partial charge in [0, 0.05) is 12.1 Å². The highest BCUT2D eigenvalue weighted by Gasteiger charge is 2.22. The molecule has 4 heteroatoms. The minimum absolute atomic E-state index is 0.417. The summed E-state index contributed by atoms with van der Waals surface area (Å²) in [5.74, 6) is 1.01. The van der Waals surface area contributed by atoms with E-state index in [1.54, 1.807) is 6.26 Å². The van der Waals surface area contributed by atoms with Crippen LogP contribution in [0, 0.1) is 0 Å². The second-order valence-corrected chi connectivity index (χ2v) is 5.53. The maximum Gasteiger partial charge on any atom is 0.131 e. The molecule has 0 radical (unpaired) electrons. The van der Waals surface area contributed by atoms with Crippen LogP contribution in [0.25, 0.3) is 0 Å². The number of halogens is 1. The molecule has 0 unspecified atom stereocenters. The molecule has 1 heterocycles. The molecule has 0 atom stereocenters. The van der Waals surface area contributed by atoms with Crippen molar-refractivity contribution in [3.8, 4) is 0 Å². The lowest BCUT2D eigenvalue weighted by Gasteiger charge is -2.33. The van der Waals surface area contributed by atoms with Gasteiger partial charge in [-0.3, -0.25) is 4.90 Å². The van der Waals surface area contributed by atoms with Crippen LogP contribution >= 0.6 is 15.9 Å². The molecule has 0 bridgehead atoms. The van der Waals surface area contributed by atoms with Gasteiger partial charge in [-0.05, 0) is 54.7 Å². The highest BCUT2D eigenvalue weighted by Crippen LogP contribution is 2.25. The summed E-state index contributed by atoms with van der Waals surface area (Å²) in [4.78, 5) is 2.37. The molecule has 0 amide bonds. The van der Waals surface area contributed by atoms with Gasteiger partial charge in [-0.2, -0.15) is 0 Å². The zero-order valence-electron chi connectivity index (χ0n) is 9.66. The molecule has 1 fully saturated rings. The van der Waals surface area contributed by atoms with E-state index in [1.165, 1.54) is 12.8 Å². The van der Waals surface area contributed by atoms with E-state index in [9.17, 15) is 0 Å². The van der Waals surface area contributed by atoms with Crippen LogP contribution < -0.4 is 5.73 Å². The molecule has 1 aliphatic carbocycles. The third-order valence-electron chi connectivity index (χ3n) is 3.45. The molecular weight excluding hydrogens is 268 g/mol. The fraction of sp³-hybridized carbons (Fsp3) is 0.667. The number of nitrogens with zero attached hydrogens (tertiary/aromatic N) is 1. The van der Waals surface area contributed by atoms with E-state index in [-0.39, 0.29) is 0 Å². The Hall–Kier alpha value is -0.320. The summed E-state index contributed by atoms with van der Waals surface area (Å²) in [5, 5.41) is 0. The summed E-state index contributed by atoms with van der Waals surface area (Å²) in [6.07, 6.45) is 6.43. The molecule has 2 rings (SSSR count). The minimum atomic E-state index is 0.417. The van der Waals surface area contributed by atoms with Crippen molar-refractivity contribution in [1.82, 2.24) is 4.90 Å². The van der Waals surface area contributed by atoms with Crippen LogP contribution in [-0.2, 0) is 6.54 Å². The first-order valence-corrected chi connectivity index (χ1v) is 6.64. The molecule has 0 saturated heterocycles. The lowest BCUT2D eigenvalue weighted by Crippen LogP contribution is -2.38. The lowest BCUT2D eigenvalue weighted by molar-refractivity contribution is 0.165. The Balaban J connectivity index is 1.88. The van der Waals surface area contributed by atoms with Crippen LogP contribution in [-0.4, -0.2) is 24.0 Å². The van der Waals surface area contributed by atoms with Crippen molar-refractivity contribution in [1.29, 1.82) is 0 Å². The molecule has 90 valence electrons. The number of nitrogens with two attached hydrogens (primary N) is 1. The van der Waals surface area contributed by atoms with Gasteiger partial charge >= 0.3 is 0 Å². The van der Waals surface area contributed by atoms with Gasteiger partial charge in [0.1, 0.15) is 5.76 Å². The van der Waals surface area contributed by atoms with E-state index in [1.807, 2.05) is 6.07 Å². The molecule has 1 aromatic heterocycles. The highest BCUT2D eigenvalue weighted by molar-refractivity contribution is 9.10. The molecular formula is C12H19BrN2O. The van der Waals surface area contributed by atoms with Gasteiger partial charge in [0.15, 0.2) is 0 Å². The third kappa shape index (κ3) is 2.87. The van der Waals surface area contributed by atoms with E-state index in [2.05, 4.69) is 27.9 Å². The van der Waals surface area contributed by atoms with Crippen LogP contribution in [0.2, 0.25) is 0 Å². The van der Waals surface area contributed by atoms with Gasteiger partial charge in [0.25, 0.3) is 0 Å². The van der Waals surface area contributed by atoms with E-state index < -0.39 is 0 Å². The van der Waals surface area contributed by atoms with Crippen LogP contribution in [0.5, 0.6) is 0 Å². The first-order chi connectivity index (χ1) is 7.66. The SMILES string of the molecule is CN(Cc1occc1Br)C1CCC(N)CC1. The Morgan fingerprint density at radius 1 is 1.44 bits per heavy atom. The van der Waals surface area contributed by atoms with Crippen LogP contribution in [0.4, 0.5) is 0 Å². The maximum atomic E-state index is 5.91. The number of furan rings is 1. The second kappa shape index (κ2) is 5.34. The fourth-order valence-electron chi connectivity index (χ4n) is 2.34. The standard InChI is InChI=1S/C12H19BrN2O/c1-15(8-12-11(13)6-7-16-12)10-4-2-9(14)3-5-10/h6-7,9-10H,2-5,8,14H2,1H3. The van der Waals surface area contributed by atoms with Gasteiger partial charge in [0.05, 0.1) is 17.3 Å². The zero-order chi connectivity index (χ0) is 11.5. The van der Waals surface area contributed by atoms with Gasteiger partial charge < -0.3 is 10.2 Å². The summed E-state index contributed by atoms with van der Waals surface area (Å²) in [5.41, 5.74) is 5.91. The van der Waals surface area contributed by atoms with E-state index >= 15 is 0 Å². The predicted octanol–water partition coefficient (Wildman–Crippen LogP) is 2.74. The topological polar surface area (TPSA) is 42.4 Å². The minimum Gasteiger partial charge on any atom is -0.467 e. The summed E-state index contributed by atoms with van der Waals surface area (Å²) in [6, 6.07) is 3.01. The molecule has 0 spiro atoms. The predicted molar refractivity (Wildman–Crippen MR) is 68.1 cm³/mol. The van der Waals surface area contributed by atoms with Crippen molar-refractivity contribution >= 4 is 15.9 Å². The first-order valence-electron chi connectivity index (χ1n) is 5.84. The average Bonchev–Trinajstić information content (AvgIpc) is 2.65. The van der Waals surface area contributed by atoms with Gasteiger partial charge in [-0.1, -0.05) is 0 Å². The summed E-state index contributed by atoms with van der Waals surface area (Å²) in [7, 11) is 2.16. The molecule has 1 aromatic rings. The molecule has 3 nitrogen and oxygen atoms in total. The summed E-state index contributed by atoms with van der Waals surface area (Å²) < 4.78 is 6.50. The Morgan fingerprint density at radius 2 is 2.12 bits per heavy atom. The van der Waals surface area contributed by atoms with Gasteiger partial charge in [0.2, 0.25) is 0 Å². The van der Waals surface area contributed by atoms with Crippen LogP contribution in [0.15, 0.2) is 21.2 Å². The Labute approximate surface area is 105 Å². The van der Waals surface area contributed by atoms with Crippen molar-refractivity contribution in [2.24, 2.45) is 5.73 Å².